The van der Waals surface area contributed by atoms with Crippen molar-refractivity contribution < 1.29 is 14.3 Å². The summed E-state index contributed by atoms with van der Waals surface area (Å²) in [7, 11) is 0. The van der Waals surface area contributed by atoms with E-state index in [4.69, 9.17) is 4.74 Å². The first-order valence-corrected chi connectivity index (χ1v) is 4.80. The van der Waals surface area contributed by atoms with Crippen molar-refractivity contribution in [2.75, 3.05) is 0 Å². The number of amides is 1. The SMILES string of the molecule is CC(C)(C)OC(=O)NC12CC1(C=O)C2. The molecule has 0 atom stereocenters. The highest BCUT2D eigenvalue weighted by Gasteiger charge is 2.84. The van der Waals surface area contributed by atoms with Gasteiger partial charge in [-0.05, 0) is 33.6 Å². The largest absolute Gasteiger partial charge is 0.444 e. The number of hydrogen-bond donors (Lipinski definition) is 1. The van der Waals surface area contributed by atoms with Gasteiger partial charge in [0.2, 0.25) is 0 Å². The van der Waals surface area contributed by atoms with Gasteiger partial charge in [-0.15, -0.1) is 0 Å². The minimum absolute atomic E-state index is 0.232. The first kappa shape index (κ1) is 9.49. The zero-order chi connectivity index (χ0) is 10.6. The molecule has 0 aromatic rings. The lowest BCUT2D eigenvalue weighted by Crippen LogP contribution is -2.36. The Balaban J connectivity index is 1.84. The van der Waals surface area contributed by atoms with Crippen LogP contribution in [-0.4, -0.2) is 23.5 Å². The molecule has 1 amide bonds. The Morgan fingerprint density at radius 3 is 2.36 bits per heavy atom. The van der Waals surface area contributed by atoms with Crippen molar-refractivity contribution in [3.8, 4) is 0 Å². The van der Waals surface area contributed by atoms with Crippen LogP contribution in [0, 0.1) is 5.41 Å². The van der Waals surface area contributed by atoms with Crippen LogP contribution in [0.4, 0.5) is 4.79 Å². The molecule has 2 rings (SSSR count). The van der Waals surface area contributed by atoms with Crippen LogP contribution in [0.2, 0.25) is 0 Å². The molecule has 2 aliphatic rings. The highest BCUT2D eigenvalue weighted by atomic mass is 16.6. The van der Waals surface area contributed by atoms with E-state index in [-0.39, 0.29) is 11.0 Å². The smallest absolute Gasteiger partial charge is 0.408 e. The van der Waals surface area contributed by atoms with Crippen molar-refractivity contribution in [2.45, 2.75) is 44.8 Å². The minimum atomic E-state index is -0.478. The molecule has 0 aromatic heterocycles. The van der Waals surface area contributed by atoms with Gasteiger partial charge in [0.1, 0.15) is 11.9 Å². The van der Waals surface area contributed by atoms with Crippen LogP contribution in [0.15, 0.2) is 0 Å². The van der Waals surface area contributed by atoms with Crippen LogP contribution < -0.4 is 5.32 Å². The summed E-state index contributed by atoms with van der Waals surface area (Å²) >= 11 is 0. The maximum Gasteiger partial charge on any atom is 0.408 e. The molecule has 0 bridgehead atoms. The highest BCUT2D eigenvalue weighted by Crippen LogP contribution is 2.77. The molecule has 0 heterocycles. The van der Waals surface area contributed by atoms with Crippen molar-refractivity contribution in [2.24, 2.45) is 5.41 Å². The number of ether oxygens (including phenoxy) is 1. The van der Waals surface area contributed by atoms with Crippen molar-refractivity contribution in [1.29, 1.82) is 0 Å². The second kappa shape index (κ2) is 2.30. The van der Waals surface area contributed by atoms with E-state index in [1.54, 1.807) is 0 Å². The van der Waals surface area contributed by atoms with Gasteiger partial charge in [-0.25, -0.2) is 4.79 Å². The molecular formula is C10H15NO3. The van der Waals surface area contributed by atoms with E-state index >= 15 is 0 Å². The maximum absolute atomic E-state index is 11.3. The van der Waals surface area contributed by atoms with Gasteiger partial charge in [-0.1, -0.05) is 0 Å². The van der Waals surface area contributed by atoms with E-state index in [0.29, 0.717) is 0 Å². The normalized spacial score (nSPS) is 38.2. The Morgan fingerprint density at radius 1 is 1.43 bits per heavy atom. The fraction of sp³-hybridized carbons (Fsp3) is 0.800. The van der Waals surface area contributed by atoms with Crippen molar-refractivity contribution in [3.63, 3.8) is 0 Å². The van der Waals surface area contributed by atoms with Crippen LogP contribution in [-0.2, 0) is 9.53 Å². The van der Waals surface area contributed by atoms with E-state index in [1.807, 2.05) is 20.8 Å². The van der Waals surface area contributed by atoms with Gasteiger partial charge in [0, 0.05) is 0 Å². The topological polar surface area (TPSA) is 55.4 Å². The van der Waals surface area contributed by atoms with Gasteiger partial charge in [0.25, 0.3) is 0 Å². The van der Waals surface area contributed by atoms with Gasteiger partial charge in [0.05, 0.1) is 11.0 Å². The first-order chi connectivity index (χ1) is 6.33. The summed E-state index contributed by atoms with van der Waals surface area (Å²) in [5.74, 6) is 0. The number of aldehydes is 1. The van der Waals surface area contributed by atoms with Crippen LogP contribution in [0.3, 0.4) is 0 Å². The molecule has 78 valence electrons. The Morgan fingerprint density at radius 2 is 2.00 bits per heavy atom. The molecule has 2 aliphatic carbocycles. The molecule has 0 aromatic carbocycles. The van der Waals surface area contributed by atoms with E-state index in [0.717, 1.165) is 19.1 Å². The number of rotatable bonds is 2. The lowest BCUT2D eigenvalue weighted by Gasteiger charge is -2.20. The third-order valence-electron chi connectivity index (χ3n) is 2.90. The fourth-order valence-electron chi connectivity index (χ4n) is 1.84. The Hall–Kier alpha value is -1.06. The molecule has 0 aliphatic heterocycles. The molecule has 4 heteroatoms. The van der Waals surface area contributed by atoms with Gasteiger partial charge < -0.3 is 14.8 Å². The molecule has 2 fully saturated rings. The van der Waals surface area contributed by atoms with Crippen LogP contribution in [0.5, 0.6) is 0 Å². The summed E-state index contributed by atoms with van der Waals surface area (Å²) in [6.07, 6.45) is 2.09. The fourth-order valence-corrected chi connectivity index (χ4v) is 1.84. The molecule has 4 nitrogen and oxygen atoms in total. The Labute approximate surface area is 83.0 Å². The number of nitrogens with one attached hydrogen (secondary N) is 1. The Bertz CT molecular complexity index is 297. The number of hydrogen-bond acceptors (Lipinski definition) is 3. The summed E-state index contributed by atoms with van der Waals surface area (Å²) in [5, 5.41) is 2.76. The molecular weight excluding hydrogens is 182 g/mol. The predicted octanol–water partition coefficient (Wildman–Crippen LogP) is 1.24. The monoisotopic (exact) mass is 197 g/mol. The number of alkyl carbamates (subject to hydrolysis) is 1. The molecule has 0 spiro atoms. The minimum Gasteiger partial charge on any atom is -0.444 e. The summed E-state index contributed by atoms with van der Waals surface area (Å²) in [4.78, 5) is 22.0. The van der Waals surface area contributed by atoms with Crippen LogP contribution in [0.25, 0.3) is 0 Å². The quantitative estimate of drug-likeness (QED) is 0.678. The molecule has 0 radical (unpaired) electrons. The molecule has 1 N–H and O–H groups in total. The molecule has 14 heavy (non-hydrogen) atoms. The average Bonchev–Trinajstić information content (AvgIpc) is 2.68. The highest BCUT2D eigenvalue weighted by molar-refractivity contribution is 5.82. The van der Waals surface area contributed by atoms with Gasteiger partial charge in [-0.2, -0.15) is 0 Å². The first-order valence-electron chi connectivity index (χ1n) is 4.80. The third kappa shape index (κ3) is 1.29. The van der Waals surface area contributed by atoms with Crippen LogP contribution >= 0.6 is 0 Å². The lowest BCUT2D eigenvalue weighted by atomic mass is 10.2. The van der Waals surface area contributed by atoms with Gasteiger partial charge in [-0.3, -0.25) is 0 Å². The van der Waals surface area contributed by atoms with E-state index < -0.39 is 11.7 Å². The second-order valence-corrected chi connectivity index (χ2v) is 5.34. The summed E-state index contributed by atoms with van der Waals surface area (Å²) in [6, 6.07) is 0. The zero-order valence-corrected chi connectivity index (χ0v) is 8.72. The number of fused-ring (bicyclic) bond motifs is 1. The second-order valence-electron chi connectivity index (χ2n) is 5.34. The summed E-state index contributed by atoms with van der Waals surface area (Å²) < 4.78 is 5.10. The third-order valence-corrected chi connectivity index (χ3v) is 2.90. The van der Waals surface area contributed by atoms with E-state index in [1.165, 1.54) is 0 Å². The average molecular weight is 197 g/mol. The predicted molar refractivity (Wildman–Crippen MR) is 49.8 cm³/mol. The molecule has 2 saturated carbocycles. The standard InChI is InChI=1S/C10H15NO3/c1-8(2,3)14-7(13)11-10-4-9(10,5-10)6-12/h6H,4-5H2,1-3H3,(H,11,13). The van der Waals surface area contributed by atoms with Crippen LogP contribution in [0.1, 0.15) is 33.6 Å². The molecule has 0 unspecified atom stereocenters. The number of carbonyl (C=O) groups is 2. The lowest BCUT2D eigenvalue weighted by molar-refractivity contribution is -0.110. The van der Waals surface area contributed by atoms with Crippen molar-refractivity contribution >= 4 is 12.4 Å². The van der Waals surface area contributed by atoms with Gasteiger partial charge >= 0.3 is 6.09 Å². The van der Waals surface area contributed by atoms with E-state index in [2.05, 4.69) is 5.32 Å². The zero-order valence-electron chi connectivity index (χ0n) is 8.72. The van der Waals surface area contributed by atoms with Crippen molar-refractivity contribution in [1.82, 2.24) is 5.32 Å². The summed E-state index contributed by atoms with van der Waals surface area (Å²) in [5.41, 5.74) is -0.949. The Kier molecular flexibility index (Phi) is 1.56. The maximum atomic E-state index is 11.3. The number of carbonyl (C=O) groups excluding carboxylic acids is 2. The van der Waals surface area contributed by atoms with Gasteiger partial charge in [0.15, 0.2) is 0 Å². The molecule has 0 saturated heterocycles. The summed E-state index contributed by atoms with van der Waals surface area (Å²) in [6.45, 7) is 5.45. The van der Waals surface area contributed by atoms with E-state index in [9.17, 15) is 9.59 Å². The van der Waals surface area contributed by atoms with Crippen molar-refractivity contribution in [3.05, 3.63) is 0 Å².